The molecule has 0 spiro atoms. The first kappa shape index (κ1) is 14.5. The first-order chi connectivity index (χ1) is 9.11. The quantitative estimate of drug-likeness (QED) is 0.614. The van der Waals surface area contributed by atoms with Gasteiger partial charge >= 0.3 is 0 Å². The molecule has 0 amide bonds. The van der Waals surface area contributed by atoms with E-state index >= 15 is 0 Å². The Balaban J connectivity index is 2.17. The molecule has 0 radical (unpaired) electrons. The topological polar surface area (TPSA) is 25.4 Å². The molecule has 0 bridgehead atoms. The lowest BCUT2D eigenvalue weighted by molar-refractivity contribution is 0.255. The molecule has 1 aromatic heterocycles. The summed E-state index contributed by atoms with van der Waals surface area (Å²) in [5.41, 5.74) is 1.62. The fourth-order valence-electron chi connectivity index (χ4n) is 1.74. The number of pyridine rings is 1. The molecule has 3 nitrogen and oxygen atoms in total. The van der Waals surface area contributed by atoms with Gasteiger partial charge in [-0.3, -0.25) is 0 Å². The number of rotatable bonds is 5. The van der Waals surface area contributed by atoms with E-state index < -0.39 is 6.67 Å². The SMILES string of the molecule is FCCN(Cc1ccc(Cl)nc1)C1=C(Cl)C(=S)OC1. The molecule has 0 fully saturated rings. The van der Waals surface area contributed by atoms with Crippen LogP contribution in [0.1, 0.15) is 5.56 Å². The maximum absolute atomic E-state index is 12.7. The van der Waals surface area contributed by atoms with Crippen LogP contribution in [0.25, 0.3) is 0 Å². The van der Waals surface area contributed by atoms with Crippen molar-refractivity contribution in [2.75, 3.05) is 19.8 Å². The standard InChI is InChI=1S/C12H11Cl2FN2OS/c13-10-2-1-8(5-16-10)6-17(4-3-15)9-7-18-12(19)11(9)14/h1-2,5H,3-4,6-7H2. The number of aromatic nitrogens is 1. The van der Waals surface area contributed by atoms with E-state index in [0.717, 1.165) is 5.56 Å². The van der Waals surface area contributed by atoms with Gasteiger partial charge in [0.1, 0.15) is 23.5 Å². The number of nitrogens with zero attached hydrogens (tertiary/aromatic N) is 2. The fraction of sp³-hybridized carbons (Fsp3) is 0.333. The van der Waals surface area contributed by atoms with Gasteiger partial charge in [-0.15, -0.1) is 0 Å². The average molecular weight is 321 g/mol. The number of halogens is 3. The first-order valence-electron chi connectivity index (χ1n) is 5.59. The highest BCUT2D eigenvalue weighted by Crippen LogP contribution is 2.25. The summed E-state index contributed by atoms with van der Waals surface area (Å²) < 4.78 is 17.9. The predicted octanol–water partition coefficient (Wildman–Crippen LogP) is 3.31. The van der Waals surface area contributed by atoms with Crippen molar-refractivity contribution >= 4 is 40.5 Å². The van der Waals surface area contributed by atoms with Crippen molar-refractivity contribution in [3.63, 3.8) is 0 Å². The van der Waals surface area contributed by atoms with Gasteiger partial charge in [-0.2, -0.15) is 0 Å². The van der Waals surface area contributed by atoms with E-state index in [1.807, 2.05) is 6.07 Å². The second-order valence-corrected chi connectivity index (χ2v) is 5.07. The Labute approximate surface area is 126 Å². The van der Waals surface area contributed by atoms with Gasteiger partial charge in [-0.25, -0.2) is 9.37 Å². The molecule has 0 unspecified atom stereocenters. The third-order valence-electron chi connectivity index (χ3n) is 2.67. The number of hydrogen-bond donors (Lipinski definition) is 0. The molecule has 2 heterocycles. The lowest BCUT2D eigenvalue weighted by Crippen LogP contribution is -2.26. The largest absolute Gasteiger partial charge is 0.476 e. The van der Waals surface area contributed by atoms with Crippen molar-refractivity contribution in [2.45, 2.75) is 6.54 Å². The number of alkyl halides is 1. The molecular formula is C12H11Cl2FN2OS. The number of hydrogen-bond acceptors (Lipinski definition) is 4. The minimum atomic E-state index is -0.485. The van der Waals surface area contributed by atoms with Crippen molar-refractivity contribution in [2.24, 2.45) is 0 Å². The molecule has 0 saturated carbocycles. The van der Waals surface area contributed by atoms with Crippen LogP contribution in [0.15, 0.2) is 29.1 Å². The molecule has 0 atom stereocenters. The van der Waals surface area contributed by atoms with Crippen LogP contribution in [0, 0.1) is 0 Å². The Bertz CT molecular complexity index is 507. The summed E-state index contributed by atoms with van der Waals surface area (Å²) in [6, 6.07) is 3.53. The Morgan fingerprint density at radius 2 is 2.21 bits per heavy atom. The van der Waals surface area contributed by atoms with Crippen LogP contribution in [0.5, 0.6) is 0 Å². The summed E-state index contributed by atoms with van der Waals surface area (Å²) >= 11 is 16.7. The molecule has 1 aromatic rings. The van der Waals surface area contributed by atoms with Gasteiger partial charge in [-0.1, -0.05) is 29.3 Å². The third-order valence-corrected chi connectivity index (χ3v) is 3.72. The van der Waals surface area contributed by atoms with Crippen LogP contribution in [-0.2, 0) is 11.3 Å². The summed E-state index contributed by atoms with van der Waals surface area (Å²) in [7, 11) is 0. The van der Waals surface area contributed by atoms with Crippen LogP contribution in [-0.4, -0.2) is 34.8 Å². The molecule has 7 heteroatoms. The Hall–Kier alpha value is -0.910. The molecule has 0 aromatic carbocycles. The highest BCUT2D eigenvalue weighted by molar-refractivity contribution is 7.80. The number of thiocarbonyl (C=S) groups is 1. The second-order valence-electron chi connectivity index (χ2n) is 3.94. The molecule has 102 valence electrons. The molecule has 2 rings (SSSR count). The van der Waals surface area contributed by atoms with E-state index in [9.17, 15) is 4.39 Å². The van der Waals surface area contributed by atoms with E-state index in [2.05, 4.69) is 4.98 Å². The molecule has 0 N–H and O–H groups in total. The summed E-state index contributed by atoms with van der Waals surface area (Å²) in [6.07, 6.45) is 1.65. The van der Waals surface area contributed by atoms with Crippen molar-refractivity contribution < 1.29 is 9.13 Å². The van der Waals surface area contributed by atoms with Crippen LogP contribution in [0.2, 0.25) is 5.15 Å². The smallest absolute Gasteiger partial charge is 0.205 e. The third kappa shape index (κ3) is 3.55. The summed E-state index contributed by atoms with van der Waals surface area (Å²) in [5, 5.41) is 1.06. The molecule has 19 heavy (non-hydrogen) atoms. The van der Waals surface area contributed by atoms with Gasteiger partial charge in [-0.05, 0) is 23.8 Å². The van der Waals surface area contributed by atoms with E-state index in [0.29, 0.717) is 22.4 Å². The average Bonchev–Trinajstić information content (AvgIpc) is 2.72. The molecule has 0 saturated heterocycles. The minimum absolute atomic E-state index is 0.222. The maximum Gasteiger partial charge on any atom is 0.205 e. The monoisotopic (exact) mass is 320 g/mol. The zero-order valence-corrected chi connectivity index (χ0v) is 12.2. The van der Waals surface area contributed by atoms with E-state index in [4.69, 9.17) is 40.2 Å². The molecule has 1 aliphatic heterocycles. The van der Waals surface area contributed by atoms with E-state index in [-0.39, 0.29) is 18.2 Å². The van der Waals surface area contributed by atoms with Crippen molar-refractivity contribution in [3.05, 3.63) is 39.8 Å². The summed E-state index contributed by atoms with van der Waals surface area (Å²) in [4.78, 5) is 5.79. The van der Waals surface area contributed by atoms with Gasteiger partial charge in [0.05, 0.1) is 5.70 Å². The van der Waals surface area contributed by atoms with Gasteiger partial charge in [0.15, 0.2) is 0 Å². The summed E-state index contributed by atoms with van der Waals surface area (Å²) in [5.74, 6) is 0. The van der Waals surface area contributed by atoms with E-state index in [1.54, 1.807) is 17.2 Å². The highest BCUT2D eigenvalue weighted by Gasteiger charge is 2.24. The van der Waals surface area contributed by atoms with Gasteiger partial charge < -0.3 is 9.64 Å². The Morgan fingerprint density at radius 1 is 1.42 bits per heavy atom. The van der Waals surface area contributed by atoms with Crippen LogP contribution in [0.3, 0.4) is 0 Å². The van der Waals surface area contributed by atoms with Crippen LogP contribution in [0.4, 0.5) is 4.39 Å². The first-order valence-corrected chi connectivity index (χ1v) is 6.75. The van der Waals surface area contributed by atoms with Crippen LogP contribution < -0.4 is 0 Å². The van der Waals surface area contributed by atoms with Gasteiger partial charge in [0.2, 0.25) is 5.05 Å². The molecule has 0 aliphatic carbocycles. The van der Waals surface area contributed by atoms with Gasteiger partial charge in [0, 0.05) is 19.3 Å². The molecule has 1 aliphatic rings. The zero-order chi connectivity index (χ0) is 13.8. The highest BCUT2D eigenvalue weighted by atomic mass is 35.5. The lowest BCUT2D eigenvalue weighted by atomic mass is 10.2. The lowest BCUT2D eigenvalue weighted by Gasteiger charge is -2.24. The van der Waals surface area contributed by atoms with Gasteiger partial charge in [0.25, 0.3) is 0 Å². The van der Waals surface area contributed by atoms with Crippen molar-refractivity contribution in [3.8, 4) is 0 Å². The van der Waals surface area contributed by atoms with Crippen molar-refractivity contribution in [1.29, 1.82) is 0 Å². The van der Waals surface area contributed by atoms with Crippen molar-refractivity contribution in [1.82, 2.24) is 9.88 Å². The Morgan fingerprint density at radius 3 is 2.74 bits per heavy atom. The fourth-order valence-corrected chi connectivity index (χ4v) is 2.26. The maximum atomic E-state index is 12.7. The number of ether oxygens (including phenoxy) is 1. The normalized spacial score (nSPS) is 14.8. The minimum Gasteiger partial charge on any atom is -0.476 e. The zero-order valence-electron chi connectivity index (χ0n) is 9.91. The second kappa shape index (κ2) is 6.50. The molecular weight excluding hydrogens is 310 g/mol. The predicted molar refractivity (Wildman–Crippen MR) is 77.1 cm³/mol. The Kier molecular flexibility index (Phi) is 4.96. The summed E-state index contributed by atoms with van der Waals surface area (Å²) in [6.45, 7) is 0.492. The van der Waals surface area contributed by atoms with Crippen LogP contribution >= 0.6 is 35.4 Å². The van der Waals surface area contributed by atoms with E-state index in [1.165, 1.54) is 0 Å².